The number of nitrogens with one attached hydrogen (secondary N) is 1. The molecule has 3 N–H and O–H groups in total. The highest BCUT2D eigenvalue weighted by Crippen LogP contribution is 2.45. The molecule has 2 rings (SSSR count). The topological polar surface area (TPSA) is 104 Å². The average Bonchev–Trinajstić information content (AvgIpc) is 2.50. The first-order valence-electron chi connectivity index (χ1n) is 7.08. The Morgan fingerprint density at radius 3 is 2.36 bits per heavy atom. The fourth-order valence-corrected chi connectivity index (χ4v) is 2.69. The Balaban J connectivity index is 2.73. The summed E-state index contributed by atoms with van der Waals surface area (Å²) in [5.41, 5.74) is -4.32. The first-order valence-corrected chi connectivity index (χ1v) is 7.08. The van der Waals surface area contributed by atoms with Crippen molar-refractivity contribution < 1.29 is 37.8 Å². The van der Waals surface area contributed by atoms with E-state index in [1.54, 1.807) is 0 Å². The normalized spacial score (nSPS) is 16.4. The molecule has 1 aliphatic rings. The summed E-state index contributed by atoms with van der Waals surface area (Å²) in [7, 11) is 0. The van der Waals surface area contributed by atoms with Crippen LogP contribution in [0.25, 0.3) is 5.76 Å². The Morgan fingerprint density at radius 2 is 1.84 bits per heavy atom. The van der Waals surface area contributed by atoms with Gasteiger partial charge in [-0.2, -0.15) is 13.2 Å². The van der Waals surface area contributed by atoms with Crippen LogP contribution >= 0.6 is 0 Å². The third-order valence-electron chi connectivity index (χ3n) is 3.94. The number of hydrogen-bond donors (Lipinski definition) is 3. The van der Waals surface area contributed by atoms with Crippen LogP contribution in [-0.2, 0) is 26.0 Å². The first kappa shape index (κ1) is 18.5. The van der Waals surface area contributed by atoms with E-state index in [4.69, 9.17) is 5.11 Å². The van der Waals surface area contributed by atoms with Crippen molar-refractivity contribution in [3.63, 3.8) is 0 Å². The summed E-state index contributed by atoms with van der Waals surface area (Å²) in [6.07, 6.45) is -4.82. The van der Waals surface area contributed by atoms with Crippen molar-refractivity contribution in [2.75, 3.05) is 6.54 Å². The lowest BCUT2D eigenvalue weighted by molar-refractivity contribution is -0.138. The maximum atomic E-state index is 13.3. The predicted molar refractivity (Wildman–Crippen MR) is 79.7 cm³/mol. The van der Waals surface area contributed by atoms with Crippen molar-refractivity contribution in [1.82, 2.24) is 5.32 Å². The minimum absolute atomic E-state index is 0.0698. The minimum atomic E-state index is -4.82. The Morgan fingerprint density at radius 1 is 1.24 bits per heavy atom. The van der Waals surface area contributed by atoms with Gasteiger partial charge in [0.25, 0.3) is 5.91 Å². The van der Waals surface area contributed by atoms with Crippen LogP contribution in [0.3, 0.4) is 0 Å². The number of carbonyl (C=O) groups is 3. The molecule has 0 aromatic heterocycles. The van der Waals surface area contributed by atoms with Crippen molar-refractivity contribution in [2.24, 2.45) is 0 Å². The number of rotatable bonds is 3. The molecule has 9 heteroatoms. The van der Waals surface area contributed by atoms with Gasteiger partial charge in [0.2, 0.25) is 0 Å². The number of aliphatic carboxylic acids is 1. The summed E-state index contributed by atoms with van der Waals surface area (Å²) in [6.45, 7) is 1.80. The summed E-state index contributed by atoms with van der Waals surface area (Å²) >= 11 is 0. The van der Waals surface area contributed by atoms with Gasteiger partial charge in [-0.3, -0.25) is 14.4 Å². The zero-order chi connectivity index (χ0) is 19.2. The minimum Gasteiger partial charge on any atom is -0.506 e. The molecule has 0 aliphatic heterocycles. The second kappa shape index (κ2) is 5.91. The fourth-order valence-electron chi connectivity index (χ4n) is 2.69. The second-order valence-corrected chi connectivity index (χ2v) is 5.98. The number of Topliss-reactive ketones (excluding diaryl/α,β-unsaturated/α-hetero) is 1. The van der Waals surface area contributed by atoms with E-state index in [0.717, 1.165) is 12.1 Å². The van der Waals surface area contributed by atoms with Gasteiger partial charge in [0.15, 0.2) is 5.78 Å². The highest BCUT2D eigenvalue weighted by atomic mass is 19.4. The Hall–Kier alpha value is -2.84. The van der Waals surface area contributed by atoms with Gasteiger partial charge in [0.1, 0.15) is 17.9 Å². The molecule has 0 radical (unpaired) electrons. The number of aliphatic hydroxyl groups is 1. The summed E-state index contributed by atoms with van der Waals surface area (Å²) < 4.78 is 39.8. The van der Waals surface area contributed by atoms with Gasteiger partial charge in [-0.05, 0) is 25.5 Å². The first-order chi connectivity index (χ1) is 11.4. The highest BCUT2D eigenvalue weighted by molar-refractivity contribution is 6.28. The smallest absolute Gasteiger partial charge is 0.417 e. The lowest BCUT2D eigenvalue weighted by Crippen LogP contribution is -2.42. The van der Waals surface area contributed by atoms with Gasteiger partial charge in [-0.25, -0.2) is 0 Å². The molecule has 6 nitrogen and oxygen atoms in total. The molecule has 0 spiro atoms. The summed E-state index contributed by atoms with van der Waals surface area (Å²) in [5, 5.41) is 20.7. The molecule has 1 aromatic rings. The fraction of sp³-hybridized carbons (Fsp3) is 0.312. The summed E-state index contributed by atoms with van der Waals surface area (Å²) in [4.78, 5) is 35.2. The van der Waals surface area contributed by atoms with E-state index in [-0.39, 0.29) is 5.56 Å². The van der Waals surface area contributed by atoms with Crippen LogP contribution in [0.4, 0.5) is 13.2 Å². The molecule has 25 heavy (non-hydrogen) atoms. The SMILES string of the molecule is CC1(C)C(=O)C(C(=O)NCC(=O)O)=C(O)c2c(C(F)(F)F)cccc21. The Bertz CT molecular complexity index is 808. The van der Waals surface area contributed by atoms with E-state index < -0.39 is 58.3 Å². The average molecular weight is 357 g/mol. The van der Waals surface area contributed by atoms with E-state index in [1.165, 1.54) is 19.9 Å². The number of carboxylic acids is 1. The van der Waals surface area contributed by atoms with Gasteiger partial charge in [-0.1, -0.05) is 12.1 Å². The van der Waals surface area contributed by atoms with Crippen LogP contribution in [0.15, 0.2) is 23.8 Å². The number of aliphatic hydroxyl groups excluding tert-OH is 1. The van der Waals surface area contributed by atoms with E-state index in [1.807, 2.05) is 5.32 Å². The standard InChI is InChI=1S/C16H14F3NO5/c1-15(2)7-4-3-5-8(16(17,18)19)10(7)12(23)11(13(15)24)14(25)20-6-9(21)22/h3-5,23H,6H2,1-2H3,(H,20,25)(H,21,22). The predicted octanol–water partition coefficient (Wildman–Crippen LogP) is 2.04. The van der Waals surface area contributed by atoms with Crippen LogP contribution < -0.4 is 5.32 Å². The molecule has 0 unspecified atom stereocenters. The van der Waals surface area contributed by atoms with Crippen LogP contribution in [0.1, 0.15) is 30.5 Å². The Kier molecular flexibility index (Phi) is 4.37. The van der Waals surface area contributed by atoms with Gasteiger partial charge in [0, 0.05) is 5.56 Å². The van der Waals surface area contributed by atoms with Crippen LogP contribution in [0.2, 0.25) is 0 Å². The molecule has 1 amide bonds. The van der Waals surface area contributed by atoms with Crippen LogP contribution in [-0.4, -0.2) is 34.4 Å². The molecule has 0 fully saturated rings. The quantitative estimate of drug-likeness (QED) is 0.718. The molecule has 0 heterocycles. The zero-order valence-electron chi connectivity index (χ0n) is 13.2. The van der Waals surface area contributed by atoms with Crippen molar-refractivity contribution in [3.8, 4) is 0 Å². The number of ketones is 1. The summed E-state index contributed by atoms with van der Waals surface area (Å²) in [5.74, 6) is -4.68. The van der Waals surface area contributed by atoms with Gasteiger partial charge < -0.3 is 15.5 Å². The van der Waals surface area contributed by atoms with Crippen molar-refractivity contribution in [2.45, 2.75) is 25.4 Å². The monoisotopic (exact) mass is 357 g/mol. The molecular weight excluding hydrogens is 343 g/mol. The van der Waals surface area contributed by atoms with Gasteiger partial charge >= 0.3 is 12.1 Å². The summed E-state index contributed by atoms with van der Waals surface area (Å²) in [6, 6.07) is 3.11. The van der Waals surface area contributed by atoms with E-state index in [9.17, 15) is 32.7 Å². The highest BCUT2D eigenvalue weighted by Gasteiger charge is 2.47. The zero-order valence-corrected chi connectivity index (χ0v) is 13.2. The van der Waals surface area contributed by atoms with Crippen LogP contribution in [0, 0.1) is 0 Å². The number of alkyl halides is 3. The molecule has 0 saturated carbocycles. The third kappa shape index (κ3) is 3.09. The number of amides is 1. The van der Waals surface area contributed by atoms with Crippen molar-refractivity contribution in [3.05, 3.63) is 40.5 Å². The maximum absolute atomic E-state index is 13.3. The number of halogens is 3. The number of carboxylic acid groups (broad SMARTS) is 1. The molecule has 0 atom stereocenters. The number of benzene rings is 1. The van der Waals surface area contributed by atoms with Crippen molar-refractivity contribution in [1.29, 1.82) is 0 Å². The second-order valence-electron chi connectivity index (χ2n) is 5.98. The number of carbonyl (C=O) groups excluding carboxylic acids is 2. The van der Waals surface area contributed by atoms with Crippen LogP contribution in [0.5, 0.6) is 0 Å². The molecule has 0 saturated heterocycles. The molecular formula is C16H14F3NO5. The molecule has 134 valence electrons. The lowest BCUT2D eigenvalue weighted by Gasteiger charge is -2.33. The van der Waals surface area contributed by atoms with Gasteiger partial charge in [0.05, 0.1) is 11.0 Å². The largest absolute Gasteiger partial charge is 0.506 e. The number of hydrogen-bond acceptors (Lipinski definition) is 4. The van der Waals surface area contributed by atoms with E-state index in [2.05, 4.69) is 0 Å². The van der Waals surface area contributed by atoms with E-state index >= 15 is 0 Å². The van der Waals surface area contributed by atoms with Crippen molar-refractivity contribution >= 4 is 23.4 Å². The maximum Gasteiger partial charge on any atom is 0.417 e. The lowest BCUT2D eigenvalue weighted by atomic mass is 9.70. The molecule has 0 bridgehead atoms. The molecule has 1 aliphatic carbocycles. The van der Waals surface area contributed by atoms with Gasteiger partial charge in [-0.15, -0.1) is 0 Å². The third-order valence-corrected chi connectivity index (χ3v) is 3.94. The number of fused-ring (bicyclic) bond motifs is 1. The van der Waals surface area contributed by atoms with E-state index in [0.29, 0.717) is 0 Å². The molecule has 1 aromatic carbocycles. The Labute approximate surface area is 140 Å².